The van der Waals surface area contributed by atoms with Gasteiger partial charge in [-0.15, -0.1) is 0 Å². The van der Waals surface area contributed by atoms with Crippen LogP contribution in [0.4, 0.5) is 5.69 Å². The number of rotatable bonds is 6. The van der Waals surface area contributed by atoms with Gasteiger partial charge in [0, 0.05) is 30.7 Å². The van der Waals surface area contributed by atoms with E-state index in [1.165, 1.54) is 0 Å². The predicted molar refractivity (Wildman–Crippen MR) is 92.3 cm³/mol. The van der Waals surface area contributed by atoms with Crippen LogP contribution < -0.4 is 4.90 Å². The Hall–Kier alpha value is -1.40. The van der Waals surface area contributed by atoms with Crippen molar-refractivity contribution in [3.63, 3.8) is 0 Å². The summed E-state index contributed by atoms with van der Waals surface area (Å²) >= 11 is 0. The van der Waals surface area contributed by atoms with Gasteiger partial charge in [-0.2, -0.15) is 4.31 Å². The summed E-state index contributed by atoms with van der Waals surface area (Å²) in [6.45, 7) is 2.77. The molecule has 0 aromatic heterocycles. The van der Waals surface area contributed by atoms with E-state index < -0.39 is 10.0 Å². The van der Waals surface area contributed by atoms with Gasteiger partial charge in [-0.05, 0) is 69.2 Å². The molecule has 24 heavy (non-hydrogen) atoms. The molecule has 0 bridgehead atoms. The Labute approximate surface area is 143 Å². The van der Waals surface area contributed by atoms with Crippen molar-refractivity contribution in [3.05, 3.63) is 24.3 Å². The minimum Gasteiger partial charge on any atom is -0.312 e. The van der Waals surface area contributed by atoms with Gasteiger partial charge >= 0.3 is 0 Å². The molecule has 6 heteroatoms. The van der Waals surface area contributed by atoms with E-state index in [1.54, 1.807) is 33.5 Å². The van der Waals surface area contributed by atoms with Gasteiger partial charge < -0.3 is 4.90 Å². The van der Waals surface area contributed by atoms with Crippen molar-refractivity contribution in [3.8, 4) is 0 Å². The van der Waals surface area contributed by atoms with Gasteiger partial charge in [0.1, 0.15) is 0 Å². The van der Waals surface area contributed by atoms with Gasteiger partial charge in [0.15, 0.2) is 0 Å². The van der Waals surface area contributed by atoms with Gasteiger partial charge in [-0.25, -0.2) is 8.42 Å². The molecule has 1 amide bonds. The molecule has 4 rings (SSSR count). The minimum absolute atomic E-state index is 0.0855. The van der Waals surface area contributed by atoms with Crippen LogP contribution in [-0.2, 0) is 14.8 Å². The van der Waals surface area contributed by atoms with E-state index in [4.69, 9.17) is 0 Å². The number of anilines is 1. The maximum Gasteiger partial charge on any atom is 0.243 e. The highest BCUT2D eigenvalue weighted by molar-refractivity contribution is 7.89. The van der Waals surface area contributed by atoms with E-state index in [2.05, 4.69) is 0 Å². The molecule has 1 atom stereocenters. The molecule has 2 aliphatic carbocycles. The smallest absolute Gasteiger partial charge is 0.243 e. The number of sulfonamides is 1. The number of hydrogen-bond donors (Lipinski definition) is 0. The lowest BCUT2D eigenvalue weighted by atomic mass is 10.2. The standard InChI is InChI=1S/C18H24N2O3S/c1-13(14-4-5-14)20(16-6-7-16)24(22,23)17-10-8-15(9-11-17)19-12-2-3-18(19)21/h8-11,13-14,16H,2-7,12H2,1H3/t13-/m0/s1. The van der Waals surface area contributed by atoms with Gasteiger partial charge in [-0.1, -0.05) is 0 Å². The van der Waals surface area contributed by atoms with Gasteiger partial charge in [0.2, 0.25) is 15.9 Å². The van der Waals surface area contributed by atoms with Crippen molar-refractivity contribution in [1.29, 1.82) is 0 Å². The Morgan fingerprint density at radius 2 is 1.79 bits per heavy atom. The molecule has 1 aromatic carbocycles. The Kier molecular flexibility index (Phi) is 3.92. The summed E-state index contributed by atoms with van der Waals surface area (Å²) in [7, 11) is -3.47. The summed E-state index contributed by atoms with van der Waals surface area (Å²) in [5, 5.41) is 0. The topological polar surface area (TPSA) is 57.7 Å². The molecule has 0 radical (unpaired) electrons. The molecule has 0 spiro atoms. The monoisotopic (exact) mass is 348 g/mol. The van der Waals surface area contributed by atoms with Crippen LogP contribution in [-0.4, -0.2) is 37.3 Å². The molecule has 0 unspecified atom stereocenters. The number of hydrogen-bond acceptors (Lipinski definition) is 3. The average Bonchev–Trinajstić information content (AvgIpc) is 3.46. The van der Waals surface area contributed by atoms with Gasteiger partial charge in [-0.3, -0.25) is 4.79 Å². The van der Waals surface area contributed by atoms with Crippen molar-refractivity contribution in [2.24, 2.45) is 5.92 Å². The maximum absolute atomic E-state index is 13.1. The molecule has 3 fully saturated rings. The highest BCUT2D eigenvalue weighted by Crippen LogP contribution is 2.42. The van der Waals surface area contributed by atoms with Crippen LogP contribution in [0, 0.1) is 5.92 Å². The lowest BCUT2D eigenvalue weighted by molar-refractivity contribution is -0.117. The Morgan fingerprint density at radius 3 is 2.29 bits per heavy atom. The van der Waals surface area contributed by atoms with Crippen LogP contribution in [0.2, 0.25) is 0 Å². The van der Waals surface area contributed by atoms with Crippen molar-refractivity contribution in [2.45, 2.75) is 62.4 Å². The summed E-state index contributed by atoms with van der Waals surface area (Å²) in [5.74, 6) is 0.634. The first-order chi connectivity index (χ1) is 11.5. The van der Waals surface area contributed by atoms with Crippen LogP contribution in [0.25, 0.3) is 0 Å². The molecular weight excluding hydrogens is 324 g/mol. The van der Waals surface area contributed by atoms with E-state index >= 15 is 0 Å². The summed E-state index contributed by atoms with van der Waals surface area (Å²) < 4.78 is 28.0. The summed E-state index contributed by atoms with van der Waals surface area (Å²) in [4.78, 5) is 13.9. The molecule has 1 aromatic rings. The average molecular weight is 348 g/mol. The van der Waals surface area contributed by atoms with Crippen molar-refractivity contribution >= 4 is 21.6 Å². The molecule has 2 saturated carbocycles. The van der Waals surface area contributed by atoms with Gasteiger partial charge in [0.25, 0.3) is 0 Å². The quantitative estimate of drug-likeness (QED) is 0.794. The number of carbonyl (C=O) groups excluding carboxylic acids is 1. The molecule has 1 saturated heterocycles. The molecule has 130 valence electrons. The van der Waals surface area contributed by atoms with E-state index in [0.29, 0.717) is 17.2 Å². The third-order valence-corrected chi connectivity index (χ3v) is 7.46. The first-order valence-corrected chi connectivity index (χ1v) is 10.4. The van der Waals surface area contributed by atoms with Crippen LogP contribution in [0.15, 0.2) is 29.2 Å². The molecule has 3 aliphatic rings. The first-order valence-electron chi connectivity index (χ1n) is 8.92. The summed E-state index contributed by atoms with van der Waals surface area (Å²) in [6.07, 6.45) is 5.65. The normalized spacial score (nSPS) is 23.1. The zero-order valence-electron chi connectivity index (χ0n) is 14.0. The fourth-order valence-electron chi connectivity index (χ4n) is 3.70. The third kappa shape index (κ3) is 2.86. The lowest BCUT2D eigenvalue weighted by Gasteiger charge is -2.28. The Bertz CT molecular complexity index is 736. The van der Waals surface area contributed by atoms with Crippen molar-refractivity contribution in [1.82, 2.24) is 4.31 Å². The third-order valence-electron chi connectivity index (χ3n) is 5.41. The number of benzene rings is 1. The highest BCUT2D eigenvalue weighted by Gasteiger charge is 2.45. The molecular formula is C18H24N2O3S. The van der Waals surface area contributed by atoms with Crippen LogP contribution in [0.1, 0.15) is 45.4 Å². The van der Waals surface area contributed by atoms with Crippen molar-refractivity contribution < 1.29 is 13.2 Å². The van der Waals surface area contributed by atoms with E-state index in [0.717, 1.165) is 44.3 Å². The molecule has 0 N–H and O–H groups in total. The number of carbonyl (C=O) groups is 1. The summed E-state index contributed by atoms with van der Waals surface area (Å²) in [6, 6.07) is 7.11. The molecule has 1 aliphatic heterocycles. The zero-order chi connectivity index (χ0) is 16.9. The lowest BCUT2D eigenvalue weighted by Crippen LogP contribution is -2.41. The van der Waals surface area contributed by atoms with E-state index in [1.807, 2.05) is 6.92 Å². The van der Waals surface area contributed by atoms with Crippen LogP contribution >= 0.6 is 0 Å². The molecule has 1 heterocycles. The van der Waals surface area contributed by atoms with Gasteiger partial charge in [0.05, 0.1) is 4.90 Å². The Balaban J connectivity index is 1.60. The fraction of sp³-hybridized carbons (Fsp3) is 0.611. The van der Waals surface area contributed by atoms with Crippen LogP contribution in [0.5, 0.6) is 0 Å². The fourth-order valence-corrected chi connectivity index (χ4v) is 5.64. The SMILES string of the molecule is C[C@@H](C1CC1)N(C1CC1)S(=O)(=O)c1ccc(N2CCCC2=O)cc1. The van der Waals surface area contributed by atoms with E-state index in [-0.39, 0.29) is 18.0 Å². The second-order valence-corrected chi connectivity index (χ2v) is 9.13. The second-order valence-electron chi connectivity index (χ2n) is 7.29. The minimum atomic E-state index is -3.47. The van der Waals surface area contributed by atoms with E-state index in [9.17, 15) is 13.2 Å². The van der Waals surface area contributed by atoms with Crippen LogP contribution in [0.3, 0.4) is 0 Å². The first kappa shape index (κ1) is 16.1. The summed E-state index contributed by atoms with van der Waals surface area (Å²) in [5.41, 5.74) is 0.796. The maximum atomic E-state index is 13.1. The second kappa shape index (κ2) is 5.85. The largest absolute Gasteiger partial charge is 0.312 e. The number of amides is 1. The molecule has 5 nitrogen and oxygen atoms in total. The predicted octanol–water partition coefficient (Wildman–Crippen LogP) is 2.77. The highest BCUT2D eigenvalue weighted by atomic mass is 32.2. The zero-order valence-corrected chi connectivity index (χ0v) is 14.8. The van der Waals surface area contributed by atoms with Crippen molar-refractivity contribution in [2.75, 3.05) is 11.4 Å². The number of nitrogens with zero attached hydrogens (tertiary/aromatic N) is 2. The Morgan fingerprint density at radius 1 is 1.12 bits per heavy atom.